The van der Waals surface area contributed by atoms with Crippen LogP contribution in [0, 0.1) is 19.8 Å². The molecule has 2 atom stereocenters. The minimum atomic E-state index is -0.830. The molecular formula is C31H45N5O3. The van der Waals surface area contributed by atoms with Gasteiger partial charge >= 0.3 is 0 Å². The van der Waals surface area contributed by atoms with Gasteiger partial charge in [-0.2, -0.15) is 5.10 Å². The summed E-state index contributed by atoms with van der Waals surface area (Å²) in [6.07, 6.45) is 7.40. The Morgan fingerprint density at radius 3 is 2.44 bits per heavy atom. The number of rotatable bonds is 8. The van der Waals surface area contributed by atoms with Crippen LogP contribution in [0.4, 0.5) is 0 Å². The zero-order valence-corrected chi connectivity index (χ0v) is 23.9. The van der Waals surface area contributed by atoms with Gasteiger partial charge in [-0.3, -0.25) is 14.5 Å². The molecule has 3 heterocycles. The number of amides is 2. The Bertz CT molecular complexity index is 1150. The number of para-hydroxylation sites is 1. The SMILES string of the molecule is CCCCN1C(=O)C(C(O)C2CCCCC2)NC(=O)C12CCN(Cc1c(C)nn(-c3ccccc3)c1C)CC2. The summed E-state index contributed by atoms with van der Waals surface area (Å²) in [4.78, 5) is 31.9. The third-order valence-electron chi connectivity index (χ3n) is 9.47. The summed E-state index contributed by atoms with van der Waals surface area (Å²) in [5.74, 6) is -0.0902. The highest BCUT2D eigenvalue weighted by Gasteiger charge is 2.55. The van der Waals surface area contributed by atoms with Gasteiger partial charge in [-0.05, 0) is 64.0 Å². The molecule has 1 saturated carbocycles. The van der Waals surface area contributed by atoms with Crippen LogP contribution in [0.5, 0.6) is 0 Å². The predicted molar refractivity (Wildman–Crippen MR) is 151 cm³/mol. The molecule has 2 saturated heterocycles. The summed E-state index contributed by atoms with van der Waals surface area (Å²) in [7, 11) is 0. The largest absolute Gasteiger partial charge is 0.390 e. The lowest BCUT2D eigenvalue weighted by molar-refractivity contribution is -0.166. The number of hydrogen-bond acceptors (Lipinski definition) is 5. The van der Waals surface area contributed by atoms with Gasteiger partial charge in [0.15, 0.2) is 0 Å². The number of carbonyl (C=O) groups is 2. The lowest BCUT2D eigenvalue weighted by Gasteiger charge is -2.52. The Kier molecular flexibility index (Phi) is 8.43. The van der Waals surface area contributed by atoms with Crippen molar-refractivity contribution in [3.05, 3.63) is 47.3 Å². The molecule has 5 rings (SSSR count). The molecule has 2 aliphatic heterocycles. The molecule has 1 aliphatic carbocycles. The zero-order valence-electron chi connectivity index (χ0n) is 23.9. The summed E-state index contributed by atoms with van der Waals surface area (Å²) in [5.41, 5.74) is 3.59. The molecule has 1 aromatic heterocycles. The van der Waals surface area contributed by atoms with Crippen molar-refractivity contribution in [2.45, 2.75) is 103 Å². The second-order valence-electron chi connectivity index (χ2n) is 11.9. The first-order chi connectivity index (χ1) is 18.9. The predicted octanol–water partition coefficient (Wildman–Crippen LogP) is 3.89. The normalized spacial score (nSPS) is 23.3. The summed E-state index contributed by atoms with van der Waals surface area (Å²) in [6, 6.07) is 9.36. The van der Waals surface area contributed by atoms with E-state index < -0.39 is 17.7 Å². The highest BCUT2D eigenvalue weighted by Crippen LogP contribution is 2.36. The Morgan fingerprint density at radius 1 is 1.08 bits per heavy atom. The third kappa shape index (κ3) is 5.38. The number of piperidine rings is 1. The molecule has 8 nitrogen and oxygen atoms in total. The standard InChI is InChI=1S/C31H45N5O3/c1-4-5-18-35-29(38)27(28(37)24-12-8-6-9-13-24)32-30(39)31(35)16-19-34(20-17-31)21-26-22(2)33-36(23(26)3)25-14-10-7-11-15-25/h7,10-11,14-15,24,27-28,37H,4-6,8-9,12-13,16-21H2,1-3H3,(H,32,39). The molecule has 2 aromatic rings. The van der Waals surface area contributed by atoms with Crippen LogP contribution in [0.25, 0.3) is 5.69 Å². The number of unbranched alkanes of at least 4 members (excludes halogenated alkanes) is 1. The van der Waals surface area contributed by atoms with Crippen molar-refractivity contribution >= 4 is 11.8 Å². The van der Waals surface area contributed by atoms with Gasteiger partial charge in [0.05, 0.1) is 17.5 Å². The smallest absolute Gasteiger partial charge is 0.248 e. The Hall–Kier alpha value is -2.71. The van der Waals surface area contributed by atoms with E-state index in [-0.39, 0.29) is 17.7 Å². The molecule has 1 spiro atoms. The second-order valence-corrected chi connectivity index (χ2v) is 11.9. The highest BCUT2D eigenvalue weighted by atomic mass is 16.3. The van der Waals surface area contributed by atoms with E-state index >= 15 is 0 Å². The minimum absolute atomic E-state index is 0.0815. The quantitative estimate of drug-likeness (QED) is 0.535. The first kappa shape index (κ1) is 27.8. The van der Waals surface area contributed by atoms with E-state index in [1.807, 2.05) is 27.8 Å². The molecule has 1 aromatic carbocycles. The molecule has 0 radical (unpaired) electrons. The fourth-order valence-corrected chi connectivity index (χ4v) is 6.98. The van der Waals surface area contributed by atoms with Crippen molar-refractivity contribution in [3.8, 4) is 5.69 Å². The molecule has 0 bridgehead atoms. The van der Waals surface area contributed by atoms with Gasteiger partial charge < -0.3 is 15.3 Å². The molecule has 2 amide bonds. The lowest BCUT2D eigenvalue weighted by atomic mass is 9.78. The maximum absolute atomic E-state index is 13.9. The second kappa shape index (κ2) is 11.8. The fraction of sp³-hybridized carbons (Fsp3) is 0.645. The van der Waals surface area contributed by atoms with E-state index in [1.54, 1.807) is 0 Å². The Balaban J connectivity index is 1.30. The number of nitrogens with zero attached hydrogens (tertiary/aromatic N) is 4. The van der Waals surface area contributed by atoms with Gasteiger partial charge in [-0.25, -0.2) is 4.68 Å². The van der Waals surface area contributed by atoms with E-state index in [4.69, 9.17) is 5.10 Å². The molecule has 8 heteroatoms. The van der Waals surface area contributed by atoms with Gasteiger partial charge in [0.2, 0.25) is 11.8 Å². The van der Waals surface area contributed by atoms with Crippen LogP contribution in [0.1, 0.15) is 81.7 Å². The fourth-order valence-electron chi connectivity index (χ4n) is 6.98. The summed E-state index contributed by atoms with van der Waals surface area (Å²) in [5, 5.41) is 19.0. The van der Waals surface area contributed by atoms with Gasteiger partial charge in [0, 0.05) is 37.4 Å². The van der Waals surface area contributed by atoms with Crippen LogP contribution in [0.3, 0.4) is 0 Å². The first-order valence-corrected chi connectivity index (χ1v) is 15.0. The number of aryl methyl sites for hydroxylation is 1. The van der Waals surface area contributed by atoms with Crippen molar-refractivity contribution < 1.29 is 14.7 Å². The molecule has 3 aliphatic rings. The average Bonchev–Trinajstić information content (AvgIpc) is 3.25. The number of carbonyl (C=O) groups excluding carboxylic acids is 2. The van der Waals surface area contributed by atoms with Gasteiger partial charge in [-0.1, -0.05) is 50.8 Å². The number of aliphatic hydroxyl groups is 1. The average molecular weight is 536 g/mol. The molecule has 2 N–H and O–H groups in total. The van der Waals surface area contributed by atoms with Crippen LogP contribution in [-0.4, -0.2) is 73.8 Å². The van der Waals surface area contributed by atoms with E-state index in [1.165, 1.54) is 12.0 Å². The molecule has 39 heavy (non-hydrogen) atoms. The maximum atomic E-state index is 13.9. The van der Waals surface area contributed by atoms with Gasteiger partial charge in [-0.15, -0.1) is 0 Å². The molecular weight excluding hydrogens is 490 g/mol. The molecule has 2 unspecified atom stereocenters. The molecule has 212 valence electrons. The van der Waals surface area contributed by atoms with Crippen molar-refractivity contribution in [1.29, 1.82) is 0 Å². The van der Waals surface area contributed by atoms with Crippen LogP contribution in [0.15, 0.2) is 30.3 Å². The number of likely N-dealkylation sites (tertiary alicyclic amines) is 1. The number of benzene rings is 1. The minimum Gasteiger partial charge on any atom is -0.390 e. The Morgan fingerprint density at radius 2 is 1.77 bits per heavy atom. The number of piperazine rings is 1. The summed E-state index contributed by atoms with van der Waals surface area (Å²) < 4.78 is 2.01. The van der Waals surface area contributed by atoms with E-state index in [0.717, 1.165) is 75.2 Å². The van der Waals surface area contributed by atoms with Crippen molar-refractivity contribution in [1.82, 2.24) is 24.9 Å². The number of nitrogens with one attached hydrogen (secondary N) is 1. The number of aromatic nitrogens is 2. The Labute approximate surface area is 232 Å². The van der Waals surface area contributed by atoms with E-state index in [0.29, 0.717) is 19.4 Å². The van der Waals surface area contributed by atoms with E-state index in [2.05, 4.69) is 43.1 Å². The number of hydrogen-bond donors (Lipinski definition) is 2. The molecule has 3 fully saturated rings. The van der Waals surface area contributed by atoms with Gasteiger partial charge in [0.25, 0.3) is 0 Å². The zero-order chi connectivity index (χ0) is 27.6. The van der Waals surface area contributed by atoms with Crippen LogP contribution in [0.2, 0.25) is 0 Å². The summed E-state index contributed by atoms with van der Waals surface area (Å²) in [6.45, 7) is 9.09. The van der Waals surface area contributed by atoms with Crippen molar-refractivity contribution in [3.63, 3.8) is 0 Å². The maximum Gasteiger partial charge on any atom is 0.248 e. The van der Waals surface area contributed by atoms with E-state index in [9.17, 15) is 14.7 Å². The summed E-state index contributed by atoms with van der Waals surface area (Å²) >= 11 is 0. The van der Waals surface area contributed by atoms with Crippen molar-refractivity contribution in [2.24, 2.45) is 5.92 Å². The van der Waals surface area contributed by atoms with Crippen molar-refractivity contribution in [2.75, 3.05) is 19.6 Å². The third-order valence-corrected chi connectivity index (χ3v) is 9.47. The van der Waals surface area contributed by atoms with Crippen LogP contribution in [-0.2, 0) is 16.1 Å². The van der Waals surface area contributed by atoms with Gasteiger partial charge in [0.1, 0.15) is 11.6 Å². The topological polar surface area (TPSA) is 90.7 Å². The lowest BCUT2D eigenvalue weighted by Crippen LogP contribution is -2.75. The first-order valence-electron chi connectivity index (χ1n) is 15.0. The highest BCUT2D eigenvalue weighted by molar-refractivity contribution is 6.00. The monoisotopic (exact) mass is 535 g/mol. The van der Waals surface area contributed by atoms with Crippen LogP contribution >= 0.6 is 0 Å². The van der Waals surface area contributed by atoms with Crippen LogP contribution < -0.4 is 5.32 Å². The number of aliphatic hydroxyl groups excluding tert-OH is 1.